The Morgan fingerprint density at radius 3 is 1.30 bits per heavy atom. The maximum absolute atomic E-state index is 12.8. The highest BCUT2D eigenvalue weighted by Gasteiger charge is 2.15. The molecule has 0 rings (SSSR count). The zero-order chi connectivity index (χ0) is 39.3. The summed E-state index contributed by atoms with van der Waals surface area (Å²) in [5.41, 5.74) is 0. The van der Waals surface area contributed by atoms with Crippen LogP contribution in [0.1, 0.15) is 226 Å². The van der Waals surface area contributed by atoms with E-state index in [4.69, 9.17) is 18.9 Å². The molecule has 0 spiro atoms. The number of ether oxygens (including phenoxy) is 4. The lowest BCUT2D eigenvalue weighted by molar-refractivity contribution is -0.122. The molecule has 2 amide bonds. The largest absolute Gasteiger partial charge is 0.447 e. The molecule has 1 unspecified atom stereocenters. The quantitative estimate of drug-likeness (QED) is 0.0599. The van der Waals surface area contributed by atoms with Crippen LogP contribution in [0.15, 0.2) is 0 Å². The van der Waals surface area contributed by atoms with Gasteiger partial charge >= 0.3 is 6.09 Å². The third-order valence-corrected chi connectivity index (χ3v) is 10.4. The summed E-state index contributed by atoms with van der Waals surface area (Å²) < 4.78 is 21.8. The molecule has 0 radical (unpaired) electrons. The van der Waals surface area contributed by atoms with E-state index < -0.39 is 6.09 Å². The normalized spacial score (nSPS) is 11.9. The van der Waals surface area contributed by atoms with Crippen LogP contribution in [0.3, 0.4) is 0 Å². The van der Waals surface area contributed by atoms with Crippen molar-refractivity contribution in [3.8, 4) is 0 Å². The van der Waals surface area contributed by atoms with Gasteiger partial charge in [-0.3, -0.25) is 4.79 Å². The smallest absolute Gasteiger partial charge is 0.407 e. The van der Waals surface area contributed by atoms with Gasteiger partial charge < -0.3 is 29.6 Å². The molecule has 0 heterocycles. The summed E-state index contributed by atoms with van der Waals surface area (Å²) in [4.78, 5) is 25.1. The first-order valence-electron chi connectivity index (χ1n) is 23.5. The minimum absolute atomic E-state index is 0.0120. The Hall–Kier alpha value is -1.38. The zero-order valence-corrected chi connectivity index (χ0v) is 36.3. The molecule has 8 nitrogen and oxygen atoms in total. The minimum Gasteiger partial charge on any atom is -0.447 e. The van der Waals surface area contributed by atoms with Crippen molar-refractivity contribution in [2.75, 3.05) is 53.3 Å². The van der Waals surface area contributed by atoms with E-state index in [9.17, 15) is 9.59 Å². The molecule has 0 fully saturated rings. The van der Waals surface area contributed by atoms with Crippen LogP contribution < -0.4 is 10.6 Å². The minimum atomic E-state index is -0.480. The summed E-state index contributed by atoms with van der Waals surface area (Å²) in [5.74, 6) is 0.0120. The molecule has 0 aromatic rings. The van der Waals surface area contributed by atoms with Crippen molar-refractivity contribution < 1.29 is 28.5 Å². The van der Waals surface area contributed by atoms with Gasteiger partial charge in [-0.2, -0.15) is 0 Å². The van der Waals surface area contributed by atoms with Gasteiger partial charge in [-0.25, -0.2) is 4.79 Å². The highest BCUT2D eigenvalue weighted by Crippen LogP contribution is 2.15. The number of rotatable bonds is 45. The molecular weight excluding hydrogens is 677 g/mol. The summed E-state index contributed by atoms with van der Waals surface area (Å²) in [6, 6.07) is -0.349. The van der Waals surface area contributed by atoms with Crippen LogP contribution in [0.4, 0.5) is 4.79 Å². The molecule has 0 aliphatic carbocycles. The van der Waals surface area contributed by atoms with Gasteiger partial charge in [-0.1, -0.05) is 200 Å². The van der Waals surface area contributed by atoms with Gasteiger partial charge in [0.15, 0.2) is 0 Å². The van der Waals surface area contributed by atoms with Gasteiger partial charge in [0.05, 0.1) is 25.9 Å². The summed E-state index contributed by atoms with van der Waals surface area (Å²) in [7, 11) is 1.64. The van der Waals surface area contributed by atoms with Crippen molar-refractivity contribution in [1.82, 2.24) is 10.6 Å². The van der Waals surface area contributed by atoms with Gasteiger partial charge in [0.25, 0.3) is 0 Å². The van der Waals surface area contributed by atoms with E-state index >= 15 is 0 Å². The van der Waals surface area contributed by atoms with Crippen LogP contribution in [0.5, 0.6) is 0 Å². The molecule has 0 saturated carbocycles. The average molecular weight is 769 g/mol. The molecule has 0 aliphatic heterocycles. The van der Waals surface area contributed by atoms with E-state index in [2.05, 4.69) is 24.5 Å². The fourth-order valence-corrected chi connectivity index (χ4v) is 6.90. The Morgan fingerprint density at radius 1 is 0.444 bits per heavy atom. The number of hydrogen-bond donors (Lipinski definition) is 2. The van der Waals surface area contributed by atoms with E-state index in [-0.39, 0.29) is 18.6 Å². The first-order valence-corrected chi connectivity index (χ1v) is 23.5. The summed E-state index contributed by atoms with van der Waals surface area (Å²) in [6.07, 6.45) is 41.8. The predicted octanol–water partition coefficient (Wildman–Crippen LogP) is 12.8. The molecule has 0 saturated heterocycles. The maximum atomic E-state index is 12.8. The van der Waals surface area contributed by atoms with Gasteiger partial charge in [0.1, 0.15) is 6.61 Å². The number of unbranched alkanes of at least 4 members (excludes halogenated alkanes) is 29. The van der Waals surface area contributed by atoms with Crippen LogP contribution >= 0.6 is 0 Å². The lowest BCUT2D eigenvalue weighted by atomic mass is 10.0. The van der Waals surface area contributed by atoms with Crippen LogP contribution in [0.2, 0.25) is 0 Å². The van der Waals surface area contributed by atoms with Crippen molar-refractivity contribution >= 4 is 12.0 Å². The fraction of sp³-hybridized carbons (Fsp3) is 0.957. The van der Waals surface area contributed by atoms with Crippen LogP contribution in [-0.4, -0.2) is 71.3 Å². The van der Waals surface area contributed by atoms with Crippen molar-refractivity contribution in [2.24, 2.45) is 0 Å². The third kappa shape index (κ3) is 43.3. The van der Waals surface area contributed by atoms with Crippen molar-refractivity contribution in [3.63, 3.8) is 0 Å². The Bertz CT molecular complexity index is 755. The van der Waals surface area contributed by atoms with Crippen LogP contribution in [-0.2, 0) is 23.7 Å². The zero-order valence-electron chi connectivity index (χ0n) is 36.3. The first kappa shape index (κ1) is 52.6. The predicted molar refractivity (Wildman–Crippen MR) is 229 cm³/mol. The molecular formula is C46H92N2O6. The molecule has 0 aromatic carbocycles. The van der Waals surface area contributed by atoms with E-state index in [1.54, 1.807) is 7.11 Å². The monoisotopic (exact) mass is 769 g/mol. The van der Waals surface area contributed by atoms with Gasteiger partial charge in [0.2, 0.25) is 5.91 Å². The number of carbonyl (C=O) groups is 2. The Morgan fingerprint density at radius 2 is 0.852 bits per heavy atom. The second-order valence-electron chi connectivity index (χ2n) is 15.8. The van der Waals surface area contributed by atoms with Crippen molar-refractivity contribution in [3.05, 3.63) is 0 Å². The number of methoxy groups -OCH3 is 1. The second-order valence-corrected chi connectivity index (χ2v) is 15.8. The third-order valence-electron chi connectivity index (χ3n) is 10.4. The lowest BCUT2D eigenvalue weighted by Gasteiger charge is -2.19. The molecule has 1 atom stereocenters. The number of amides is 2. The number of carbonyl (C=O) groups excluding carboxylic acids is 2. The van der Waals surface area contributed by atoms with Gasteiger partial charge in [-0.05, 0) is 19.3 Å². The Kier molecular flexibility index (Phi) is 44.8. The highest BCUT2D eigenvalue weighted by molar-refractivity contribution is 5.76. The second kappa shape index (κ2) is 46.0. The molecule has 0 bridgehead atoms. The van der Waals surface area contributed by atoms with E-state index in [0.29, 0.717) is 52.4 Å². The van der Waals surface area contributed by atoms with Gasteiger partial charge in [-0.15, -0.1) is 0 Å². The highest BCUT2D eigenvalue weighted by atomic mass is 16.6. The number of hydrogen-bond acceptors (Lipinski definition) is 6. The van der Waals surface area contributed by atoms with Gasteiger partial charge in [0, 0.05) is 33.3 Å². The summed E-state index contributed by atoms with van der Waals surface area (Å²) in [5, 5.41) is 5.84. The maximum Gasteiger partial charge on any atom is 0.407 e. The van der Waals surface area contributed by atoms with Crippen molar-refractivity contribution in [2.45, 2.75) is 232 Å². The van der Waals surface area contributed by atoms with Crippen LogP contribution in [0.25, 0.3) is 0 Å². The number of nitrogens with one attached hydrogen (secondary N) is 2. The molecule has 54 heavy (non-hydrogen) atoms. The fourth-order valence-electron chi connectivity index (χ4n) is 6.90. The van der Waals surface area contributed by atoms with E-state index in [1.165, 1.54) is 180 Å². The van der Waals surface area contributed by atoms with Crippen molar-refractivity contribution in [1.29, 1.82) is 0 Å². The van der Waals surface area contributed by atoms with E-state index in [1.807, 2.05) is 0 Å². The summed E-state index contributed by atoms with van der Waals surface area (Å²) >= 11 is 0. The summed E-state index contributed by atoms with van der Waals surface area (Å²) in [6.45, 7) is 7.80. The first-order chi connectivity index (χ1) is 26.6. The molecule has 0 aliphatic rings. The Labute approximate surface area is 335 Å². The molecule has 322 valence electrons. The number of alkyl carbamates (subject to hydrolysis) is 1. The molecule has 2 N–H and O–H groups in total. The van der Waals surface area contributed by atoms with E-state index in [0.717, 1.165) is 19.3 Å². The topological polar surface area (TPSA) is 95.1 Å². The molecule has 0 aromatic heterocycles. The SMILES string of the molecule is CCCCCCCCCCCCCCCCCCOCC(COC(=O)NCCCOCCOC)NC(=O)CCCCCCCCCCCCCCCCC. The van der Waals surface area contributed by atoms with Crippen LogP contribution in [0, 0.1) is 0 Å². The molecule has 8 heteroatoms. The average Bonchev–Trinajstić information content (AvgIpc) is 3.17. The standard InChI is InChI=1S/C46H92N2O6/c1-4-6-8-10-12-14-16-18-20-22-24-26-28-30-32-34-38-53-42-44(43-54-46(50)47-37-35-39-52-41-40-51-3)48-45(49)36-33-31-29-27-25-23-21-19-17-15-13-11-9-7-5-2/h44H,4-43H2,1-3H3,(H,47,50)(H,48,49). The Balaban J connectivity index is 4.09. The lowest BCUT2D eigenvalue weighted by Crippen LogP contribution is -2.43.